The van der Waals surface area contributed by atoms with E-state index in [2.05, 4.69) is 35.9 Å². The maximum Gasteiger partial charge on any atom is 0.0631 e. The van der Waals surface area contributed by atoms with Crippen LogP contribution < -0.4 is 4.90 Å². The van der Waals surface area contributed by atoms with E-state index in [1.807, 2.05) is 42.6 Å². The van der Waals surface area contributed by atoms with Gasteiger partial charge in [-0.2, -0.15) is 0 Å². The number of benzene rings is 2. The third-order valence-electron chi connectivity index (χ3n) is 3.21. The lowest BCUT2D eigenvalue weighted by Gasteiger charge is -2.20. The minimum atomic E-state index is 0.741. The molecule has 0 aromatic heterocycles. The van der Waals surface area contributed by atoms with Crippen molar-refractivity contribution < 1.29 is 0 Å². The summed E-state index contributed by atoms with van der Waals surface area (Å²) in [7, 11) is 0. The average molecular weight is 287 g/mol. The lowest BCUT2D eigenvalue weighted by atomic mass is 10.2. The van der Waals surface area contributed by atoms with Gasteiger partial charge in [0.15, 0.2) is 0 Å². The Morgan fingerprint density at radius 3 is 2.10 bits per heavy atom. The Balaban J connectivity index is 2.08. The number of hydrogen-bond acceptors (Lipinski definition) is 2. The molecular formula is C17H19ClN2. The Morgan fingerprint density at radius 2 is 1.55 bits per heavy atom. The van der Waals surface area contributed by atoms with Gasteiger partial charge in [0.05, 0.1) is 5.69 Å². The van der Waals surface area contributed by atoms with E-state index < -0.39 is 0 Å². The van der Waals surface area contributed by atoms with Gasteiger partial charge in [0.1, 0.15) is 0 Å². The molecule has 0 N–H and O–H groups in total. The van der Waals surface area contributed by atoms with Crippen molar-refractivity contribution in [3.05, 3.63) is 59.1 Å². The number of anilines is 1. The third-order valence-corrected chi connectivity index (χ3v) is 3.46. The van der Waals surface area contributed by atoms with Gasteiger partial charge in [-0.05, 0) is 55.8 Å². The standard InChI is InChI=1S/C17H19ClN2/c1-3-20(4-2)17-11-9-16(10-12-17)19-13-14-5-7-15(18)8-6-14/h5-13H,3-4H2,1-2H3. The van der Waals surface area contributed by atoms with Crippen LogP contribution in [-0.2, 0) is 0 Å². The smallest absolute Gasteiger partial charge is 0.0631 e. The molecule has 3 heteroatoms. The van der Waals surface area contributed by atoms with Crippen LogP contribution in [0.5, 0.6) is 0 Å². The first-order chi connectivity index (χ1) is 9.72. The fraction of sp³-hybridized carbons (Fsp3) is 0.235. The van der Waals surface area contributed by atoms with E-state index in [1.165, 1.54) is 5.69 Å². The highest BCUT2D eigenvalue weighted by Gasteiger charge is 2.00. The molecule has 0 saturated carbocycles. The molecule has 0 aliphatic heterocycles. The maximum absolute atomic E-state index is 5.85. The maximum atomic E-state index is 5.85. The van der Waals surface area contributed by atoms with Crippen LogP contribution in [0.25, 0.3) is 0 Å². The molecule has 0 bridgehead atoms. The summed E-state index contributed by atoms with van der Waals surface area (Å²) < 4.78 is 0. The summed E-state index contributed by atoms with van der Waals surface area (Å²) in [5.41, 5.74) is 3.23. The van der Waals surface area contributed by atoms with Gasteiger partial charge in [0, 0.05) is 30.0 Å². The van der Waals surface area contributed by atoms with E-state index in [0.29, 0.717) is 0 Å². The van der Waals surface area contributed by atoms with Crippen LogP contribution in [0.2, 0.25) is 5.02 Å². The second-order valence-corrected chi connectivity index (χ2v) is 4.93. The van der Waals surface area contributed by atoms with Crippen molar-refractivity contribution in [1.29, 1.82) is 0 Å². The molecule has 2 rings (SSSR count). The van der Waals surface area contributed by atoms with Crippen molar-refractivity contribution in [3.8, 4) is 0 Å². The topological polar surface area (TPSA) is 15.6 Å². The van der Waals surface area contributed by atoms with E-state index in [1.54, 1.807) is 0 Å². The molecule has 0 amide bonds. The van der Waals surface area contributed by atoms with Gasteiger partial charge in [-0.1, -0.05) is 23.7 Å². The van der Waals surface area contributed by atoms with Crippen LogP contribution in [0.1, 0.15) is 19.4 Å². The van der Waals surface area contributed by atoms with Crippen molar-refractivity contribution in [3.63, 3.8) is 0 Å². The summed E-state index contributed by atoms with van der Waals surface area (Å²) >= 11 is 5.85. The van der Waals surface area contributed by atoms with E-state index >= 15 is 0 Å². The highest BCUT2D eigenvalue weighted by molar-refractivity contribution is 6.30. The van der Waals surface area contributed by atoms with E-state index in [0.717, 1.165) is 29.4 Å². The second-order valence-electron chi connectivity index (χ2n) is 4.50. The summed E-state index contributed by atoms with van der Waals surface area (Å²) in [6.07, 6.45) is 1.85. The van der Waals surface area contributed by atoms with Crippen molar-refractivity contribution >= 4 is 29.2 Å². The minimum absolute atomic E-state index is 0.741. The fourth-order valence-corrected chi connectivity index (χ4v) is 2.16. The summed E-state index contributed by atoms with van der Waals surface area (Å²) in [6.45, 7) is 6.36. The molecule has 0 spiro atoms. The zero-order valence-corrected chi connectivity index (χ0v) is 12.6. The summed E-state index contributed by atoms with van der Waals surface area (Å²) in [5.74, 6) is 0. The van der Waals surface area contributed by atoms with E-state index in [9.17, 15) is 0 Å². The largest absolute Gasteiger partial charge is 0.372 e. The second kappa shape index (κ2) is 7.11. The summed E-state index contributed by atoms with van der Waals surface area (Å²) in [5, 5.41) is 0.741. The predicted octanol–water partition coefficient (Wildman–Crippen LogP) is 4.94. The molecule has 0 fully saturated rings. The molecule has 0 saturated heterocycles. The molecule has 0 unspecified atom stereocenters. The number of rotatable bonds is 5. The van der Waals surface area contributed by atoms with Crippen molar-refractivity contribution in [2.24, 2.45) is 4.99 Å². The van der Waals surface area contributed by atoms with Crippen molar-refractivity contribution in [2.75, 3.05) is 18.0 Å². The van der Waals surface area contributed by atoms with Crippen LogP contribution in [0, 0.1) is 0 Å². The summed E-state index contributed by atoms with van der Waals surface area (Å²) in [4.78, 5) is 6.78. The molecule has 0 radical (unpaired) electrons. The molecule has 0 aliphatic carbocycles. The number of nitrogens with zero attached hydrogens (tertiary/aromatic N) is 2. The third kappa shape index (κ3) is 3.84. The normalized spacial score (nSPS) is 10.9. The van der Waals surface area contributed by atoms with Crippen molar-refractivity contribution in [2.45, 2.75) is 13.8 Å². The number of halogens is 1. The Labute approximate surface area is 125 Å². The highest BCUT2D eigenvalue weighted by atomic mass is 35.5. The monoisotopic (exact) mass is 286 g/mol. The summed E-state index contributed by atoms with van der Waals surface area (Å²) in [6, 6.07) is 16.0. The molecular weight excluding hydrogens is 268 g/mol. The predicted molar refractivity (Wildman–Crippen MR) is 88.7 cm³/mol. The molecule has 0 aliphatic rings. The SMILES string of the molecule is CCN(CC)c1ccc(N=Cc2ccc(Cl)cc2)cc1. The lowest BCUT2D eigenvalue weighted by Crippen LogP contribution is -2.21. The van der Waals surface area contributed by atoms with Crippen LogP contribution in [0.3, 0.4) is 0 Å². The molecule has 0 atom stereocenters. The Hall–Kier alpha value is -1.80. The minimum Gasteiger partial charge on any atom is -0.372 e. The Morgan fingerprint density at radius 1 is 0.950 bits per heavy atom. The average Bonchev–Trinajstić information content (AvgIpc) is 2.49. The molecule has 2 aromatic carbocycles. The van der Waals surface area contributed by atoms with Crippen molar-refractivity contribution in [1.82, 2.24) is 0 Å². The quantitative estimate of drug-likeness (QED) is 0.711. The Kier molecular flexibility index (Phi) is 5.19. The molecule has 20 heavy (non-hydrogen) atoms. The first-order valence-corrected chi connectivity index (χ1v) is 7.25. The van der Waals surface area contributed by atoms with Gasteiger partial charge in [-0.3, -0.25) is 4.99 Å². The number of aliphatic imine (C=N–C) groups is 1. The van der Waals surface area contributed by atoms with Gasteiger partial charge in [0.25, 0.3) is 0 Å². The highest BCUT2D eigenvalue weighted by Crippen LogP contribution is 2.19. The Bertz CT molecular complexity index is 555. The van der Waals surface area contributed by atoms with E-state index in [-0.39, 0.29) is 0 Å². The van der Waals surface area contributed by atoms with Crippen LogP contribution in [-0.4, -0.2) is 19.3 Å². The lowest BCUT2D eigenvalue weighted by molar-refractivity contribution is 0.866. The van der Waals surface area contributed by atoms with Crippen LogP contribution >= 0.6 is 11.6 Å². The molecule has 2 nitrogen and oxygen atoms in total. The van der Waals surface area contributed by atoms with Gasteiger partial charge in [-0.25, -0.2) is 0 Å². The molecule has 0 heterocycles. The zero-order chi connectivity index (χ0) is 14.4. The van der Waals surface area contributed by atoms with Gasteiger partial charge >= 0.3 is 0 Å². The molecule has 2 aromatic rings. The zero-order valence-electron chi connectivity index (χ0n) is 11.9. The van der Waals surface area contributed by atoms with Crippen LogP contribution in [0.4, 0.5) is 11.4 Å². The first-order valence-electron chi connectivity index (χ1n) is 6.87. The molecule has 104 valence electrons. The first kappa shape index (κ1) is 14.6. The van der Waals surface area contributed by atoms with E-state index in [4.69, 9.17) is 11.6 Å². The van der Waals surface area contributed by atoms with Crippen LogP contribution in [0.15, 0.2) is 53.5 Å². The van der Waals surface area contributed by atoms with Gasteiger partial charge < -0.3 is 4.90 Å². The van der Waals surface area contributed by atoms with Gasteiger partial charge in [-0.15, -0.1) is 0 Å². The number of hydrogen-bond donors (Lipinski definition) is 0. The van der Waals surface area contributed by atoms with Gasteiger partial charge in [0.2, 0.25) is 0 Å². The fourth-order valence-electron chi connectivity index (χ4n) is 2.04.